The summed E-state index contributed by atoms with van der Waals surface area (Å²) in [5, 5.41) is 0. The zero-order chi connectivity index (χ0) is 14.7. The van der Waals surface area contributed by atoms with Crippen molar-refractivity contribution in [1.29, 1.82) is 0 Å². The monoisotopic (exact) mass is 308 g/mol. The number of imidazole rings is 1. The fourth-order valence-electron chi connectivity index (χ4n) is 2.97. The number of methoxy groups -OCH3 is 1. The van der Waals surface area contributed by atoms with Crippen molar-refractivity contribution in [2.45, 2.75) is 38.3 Å². The van der Waals surface area contributed by atoms with E-state index in [-0.39, 0.29) is 6.10 Å². The Kier molecular flexibility index (Phi) is 4.66. The third-order valence-electron chi connectivity index (χ3n) is 4.02. The van der Waals surface area contributed by atoms with Gasteiger partial charge in [0, 0.05) is 18.9 Å². The zero-order valence-electron chi connectivity index (χ0n) is 12.3. The van der Waals surface area contributed by atoms with E-state index < -0.39 is 0 Å². The van der Waals surface area contributed by atoms with Gasteiger partial charge in [0.05, 0.1) is 25.3 Å². The van der Waals surface area contributed by atoms with Gasteiger partial charge in [0.25, 0.3) is 0 Å². The van der Waals surface area contributed by atoms with E-state index in [9.17, 15) is 0 Å². The van der Waals surface area contributed by atoms with Gasteiger partial charge in [-0.25, -0.2) is 4.98 Å². The van der Waals surface area contributed by atoms with Crippen molar-refractivity contribution in [3.8, 4) is 5.75 Å². The van der Waals surface area contributed by atoms with E-state index in [0.717, 1.165) is 48.6 Å². The normalized spacial score (nSPS) is 19.0. The average molecular weight is 309 g/mol. The first-order valence-corrected chi connectivity index (χ1v) is 8.06. The summed E-state index contributed by atoms with van der Waals surface area (Å²) in [6.07, 6.45) is 4.56. The van der Waals surface area contributed by atoms with Crippen LogP contribution in [0.4, 0.5) is 0 Å². The van der Waals surface area contributed by atoms with E-state index in [1.165, 1.54) is 12.8 Å². The Morgan fingerprint density at radius 2 is 2.33 bits per heavy atom. The maximum atomic E-state index is 5.94. The lowest BCUT2D eigenvalue weighted by Gasteiger charge is -2.24. The Morgan fingerprint density at radius 3 is 3.05 bits per heavy atom. The Labute approximate surface area is 130 Å². The first kappa shape index (κ1) is 14.7. The summed E-state index contributed by atoms with van der Waals surface area (Å²) in [5.41, 5.74) is 2.01. The smallest absolute Gasteiger partial charge is 0.146 e. The Hall–Kier alpha value is -1.26. The molecule has 0 N–H and O–H groups in total. The molecule has 1 unspecified atom stereocenters. The second-order valence-corrected chi connectivity index (χ2v) is 5.77. The SMILES string of the molecule is COc1cccc2c1nc(CCCl)n2CC1CCCCO1. The van der Waals surface area contributed by atoms with Gasteiger partial charge in [-0.2, -0.15) is 0 Å². The highest BCUT2D eigenvalue weighted by Gasteiger charge is 2.19. The number of hydrogen-bond donors (Lipinski definition) is 0. The molecule has 1 fully saturated rings. The van der Waals surface area contributed by atoms with Crippen LogP contribution in [0.3, 0.4) is 0 Å². The molecule has 2 aromatic rings. The molecule has 2 heterocycles. The Bertz CT molecular complexity index is 606. The molecule has 1 saturated heterocycles. The molecule has 1 atom stereocenters. The van der Waals surface area contributed by atoms with Gasteiger partial charge in [0.15, 0.2) is 0 Å². The quantitative estimate of drug-likeness (QED) is 0.794. The summed E-state index contributed by atoms with van der Waals surface area (Å²) in [6.45, 7) is 1.71. The van der Waals surface area contributed by atoms with Gasteiger partial charge >= 0.3 is 0 Å². The van der Waals surface area contributed by atoms with Crippen LogP contribution in [0.2, 0.25) is 0 Å². The average Bonchev–Trinajstić information content (AvgIpc) is 2.87. The Morgan fingerprint density at radius 1 is 1.43 bits per heavy atom. The lowest BCUT2D eigenvalue weighted by atomic mass is 10.1. The highest BCUT2D eigenvalue weighted by Crippen LogP contribution is 2.27. The number of alkyl halides is 1. The summed E-state index contributed by atoms with van der Waals surface area (Å²) in [5.74, 6) is 2.39. The number of halogens is 1. The summed E-state index contributed by atoms with van der Waals surface area (Å²) in [6, 6.07) is 6.04. The third-order valence-corrected chi connectivity index (χ3v) is 4.21. The largest absolute Gasteiger partial charge is 0.494 e. The third kappa shape index (κ3) is 3.01. The van der Waals surface area contributed by atoms with Gasteiger partial charge in [0.1, 0.15) is 17.1 Å². The van der Waals surface area contributed by atoms with Crippen LogP contribution < -0.4 is 4.74 Å². The van der Waals surface area contributed by atoms with Crippen molar-refractivity contribution >= 4 is 22.6 Å². The van der Waals surface area contributed by atoms with Crippen LogP contribution in [0, 0.1) is 0 Å². The Balaban J connectivity index is 1.99. The molecule has 1 aromatic carbocycles. The van der Waals surface area contributed by atoms with Crippen molar-refractivity contribution in [3.05, 3.63) is 24.0 Å². The number of aromatic nitrogens is 2. The molecule has 1 aliphatic rings. The number of hydrogen-bond acceptors (Lipinski definition) is 3. The van der Waals surface area contributed by atoms with Crippen LogP contribution in [-0.4, -0.2) is 35.3 Å². The number of rotatable bonds is 5. The van der Waals surface area contributed by atoms with Crippen LogP contribution in [0.1, 0.15) is 25.1 Å². The zero-order valence-corrected chi connectivity index (χ0v) is 13.1. The highest BCUT2D eigenvalue weighted by molar-refractivity contribution is 6.17. The fraction of sp³-hybridized carbons (Fsp3) is 0.562. The van der Waals surface area contributed by atoms with Crippen molar-refractivity contribution in [2.24, 2.45) is 0 Å². The minimum atomic E-state index is 0.274. The summed E-state index contributed by atoms with van der Waals surface area (Å²) in [7, 11) is 1.68. The molecule has 0 aliphatic carbocycles. The summed E-state index contributed by atoms with van der Waals surface area (Å²) >= 11 is 5.94. The molecular formula is C16H21ClN2O2. The van der Waals surface area contributed by atoms with Gasteiger partial charge in [-0.3, -0.25) is 0 Å². The fourth-order valence-corrected chi connectivity index (χ4v) is 3.14. The molecule has 0 bridgehead atoms. The highest BCUT2D eigenvalue weighted by atomic mass is 35.5. The van der Waals surface area contributed by atoms with E-state index in [4.69, 9.17) is 26.1 Å². The standard InChI is InChI=1S/C16H21ClN2O2/c1-20-14-7-4-6-13-16(14)18-15(8-9-17)19(13)11-12-5-2-3-10-21-12/h4,6-7,12H,2-3,5,8-11H2,1H3. The predicted molar refractivity (Wildman–Crippen MR) is 84.3 cm³/mol. The molecular weight excluding hydrogens is 288 g/mol. The van der Waals surface area contributed by atoms with Crippen molar-refractivity contribution in [1.82, 2.24) is 9.55 Å². The van der Waals surface area contributed by atoms with Gasteiger partial charge in [-0.1, -0.05) is 6.07 Å². The molecule has 114 valence electrons. The van der Waals surface area contributed by atoms with E-state index in [2.05, 4.69) is 10.6 Å². The minimum absolute atomic E-state index is 0.274. The van der Waals surface area contributed by atoms with Crippen LogP contribution in [0.15, 0.2) is 18.2 Å². The number of benzene rings is 1. The number of nitrogens with zero attached hydrogens (tertiary/aromatic N) is 2. The predicted octanol–water partition coefficient (Wildman–Crippen LogP) is 3.40. The maximum Gasteiger partial charge on any atom is 0.146 e. The number of aryl methyl sites for hydroxylation is 1. The maximum absolute atomic E-state index is 5.94. The van der Waals surface area contributed by atoms with Gasteiger partial charge in [-0.15, -0.1) is 11.6 Å². The van der Waals surface area contributed by atoms with E-state index in [1.807, 2.05) is 12.1 Å². The molecule has 5 heteroatoms. The molecule has 0 amide bonds. The number of para-hydroxylation sites is 1. The topological polar surface area (TPSA) is 36.3 Å². The number of fused-ring (bicyclic) bond motifs is 1. The molecule has 4 nitrogen and oxygen atoms in total. The van der Waals surface area contributed by atoms with Crippen molar-refractivity contribution in [2.75, 3.05) is 19.6 Å². The lowest BCUT2D eigenvalue weighted by molar-refractivity contribution is 0.00621. The van der Waals surface area contributed by atoms with Crippen LogP contribution in [-0.2, 0) is 17.7 Å². The summed E-state index contributed by atoms with van der Waals surface area (Å²) < 4.78 is 13.5. The van der Waals surface area contributed by atoms with Crippen LogP contribution in [0.5, 0.6) is 5.75 Å². The molecule has 21 heavy (non-hydrogen) atoms. The molecule has 1 aliphatic heterocycles. The molecule has 3 rings (SSSR count). The number of ether oxygens (including phenoxy) is 2. The van der Waals surface area contributed by atoms with E-state index in [1.54, 1.807) is 7.11 Å². The molecule has 0 saturated carbocycles. The summed E-state index contributed by atoms with van der Waals surface area (Å²) in [4.78, 5) is 4.74. The van der Waals surface area contributed by atoms with Crippen LogP contribution in [0.25, 0.3) is 11.0 Å². The second-order valence-electron chi connectivity index (χ2n) is 5.39. The van der Waals surface area contributed by atoms with Crippen molar-refractivity contribution in [3.63, 3.8) is 0 Å². The minimum Gasteiger partial charge on any atom is -0.494 e. The first-order chi connectivity index (χ1) is 10.3. The van der Waals surface area contributed by atoms with Gasteiger partial charge in [-0.05, 0) is 31.4 Å². The lowest BCUT2D eigenvalue weighted by Crippen LogP contribution is -2.25. The second kappa shape index (κ2) is 6.67. The van der Waals surface area contributed by atoms with E-state index in [0.29, 0.717) is 5.88 Å². The van der Waals surface area contributed by atoms with Gasteiger partial charge < -0.3 is 14.0 Å². The van der Waals surface area contributed by atoms with Gasteiger partial charge in [0.2, 0.25) is 0 Å². The first-order valence-electron chi connectivity index (χ1n) is 7.53. The van der Waals surface area contributed by atoms with Crippen molar-refractivity contribution < 1.29 is 9.47 Å². The molecule has 1 aromatic heterocycles. The molecule has 0 radical (unpaired) electrons. The molecule has 0 spiro atoms. The van der Waals surface area contributed by atoms with E-state index >= 15 is 0 Å². The van der Waals surface area contributed by atoms with Crippen LogP contribution >= 0.6 is 11.6 Å².